The van der Waals surface area contributed by atoms with Gasteiger partial charge in [-0.1, -0.05) is 40.2 Å². The van der Waals surface area contributed by atoms with E-state index >= 15 is 0 Å². The van der Waals surface area contributed by atoms with Crippen molar-refractivity contribution in [2.45, 2.75) is 12.8 Å². The molecule has 2 aromatic rings. The zero-order valence-electron chi connectivity index (χ0n) is 11.4. The smallest absolute Gasteiger partial charge is 0.152 e. The molecule has 104 valence electrons. The summed E-state index contributed by atoms with van der Waals surface area (Å²) in [6.45, 7) is 0. The van der Waals surface area contributed by atoms with Crippen LogP contribution in [0.1, 0.15) is 12.8 Å². The third-order valence-electron chi connectivity index (χ3n) is 3.72. The standard InChI is InChI=1S/C18H14BrNO/c19-13-10-11-16-18(12-13)21-17-9-5-4-8-15(17)20(16)14-6-2-1-3-7-14/h2,4-12H,1,3H2. The number of rotatable bonds is 1. The lowest BCUT2D eigenvalue weighted by Gasteiger charge is -2.34. The van der Waals surface area contributed by atoms with Gasteiger partial charge in [-0.15, -0.1) is 0 Å². The largest absolute Gasteiger partial charge is 0.453 e. The number of anilines is 2. The molecule has 2 aliphatic rings. The second kappa shape index (κ2) is 5.08. The molecule has 0 N–H and O–H groups in total. The van der Waals surface area contributed by atoms with Crippen molar-refractivity contribution < 1.29 is 4.74 Å². The summed E-state index contributed by atoms with van der Waals surface area (Å²) in [5.74, 6) is 1.77. The molecule has 21 heavy (non-hydrogen) atoms. The SMILES string of the molecule is Brc1ccc2c(c1)Oc1ccccc1N2C1=CCCC=C1. The van der Waals surface area contributed by atoms with E-state index in [1.807, 2.05) is 24.3 Å². The van der Waals surface area contributed by atoms with Crippen LogP contribution in [0.5, 0.6) is 11.5 Å². The van der Waals surface area contributed by atoms with Crippen molar-refractivity contribution in [3.05, 3.63) is 70.9 Å². The fourth-order valence-corrected chi connectivity index (χ4v) is 3.11. The Hall–Kier alpha value is -2.00. The van der Waals surface area contributed by atoms with E-state index in [4.69, 9.17) is 4.74 Å². The summed E-state index contributed by atoms with van der Waals surface area (Å²) in [6.07, 6.45) is 8.90. The highest BCUT2D eigenvalue weighted by Gasteiger charge is 2.26. The second-order valence-electron chi connectivity index (χ2n) is 5.13. The van der Waals surface area contributed by atoms with Crippen LogP contribution in [0.25, 0.3) is 0 Å². The summed E-state index contributed by atoms with van der Waals surface area (Å²) >= 11 is 3.52. The van der Waals surface area contributed by atoms with Gasteiger partial charge in [0.15, 0.2) is 11.5 Å². The Labute approximate surface area is 132 Å². The first-order valence-corrected chi connectivity index (χ1v) is 7.85. The minimum atomic E-state index is 0.878. The fraction of sp³-hybridized carbons (Fsp3) is 0.111. The van der Waals surface area contributed by atoms with Crippen LogP contribution in [0.3, 0.4) is 0 Å². The zero-order chi connectivity index (χ0) is 14.2. The Morgan fingerprint density at radius 3 is 2.67 bits per heavy atom. The first kappa shape index (κ1) is 12.7. The Balaban J connectivity index is 1.92. The molecule has 2 nitrogen and oxygen atoms in total. The monoisotopic (exact) mass is 339 g/mol. The van der Waals surface area contributed by atoms with Crippen LogP contribution in [0.15, 0.2) is 70.9 Å². The third-order valence-corrected chi connectivity index (χ3v) is 4.22. The summed E-state index contributed by atoms with van der Waals surface area (Å²) in [5.41, 5.74) is 3.38. The summed E-state index contributed by atoms with van der Waals surface area (Å²) in [6, 6.07) is 14.3. The topological polar surface area (TPSA) is 12.5 Å². The third kappa shape index (κ3) is 2.18. The molecule has 0 radical (unpaired) electrons. The second-order valence-corrected chi connectivity index (χ2v) is 6.04. The predicted octanol–water partition coefficient (Wildman–Crippen LogP) is 5.93. The first-order chi connectivity index (χ1) is 10.3. The van der Waals surface area contributed by atoms with Gasteiger partial charge in [0.25, 0.3) is 0 Å². The maximum Gasteiger partial charge on any atom is 0.152 e. The molecule has 1 aliphatic heterocycles. The normalized spacial score (nSPS) is 15.9. The average Bonchev–Trinajstić information content (AvgIpc) is 2.53. The highest BCUT2D eigenvalue weighted by molar-refractivity contribution is 9.10. The molecule has 0 unspecified atom stereocenters. The van der Waals surface area contributed by atoms with Crippen LogP contribution in [0.2, 0.25) is 0 Å². The van der Waals surface area contributed by atoms with Crippen molar-refractivity contribution in [1.82, 2.24) is 0 Å². The van der Waals surface area contributed by atoms with E-state index in [0.717, 1.165) is 40.2 Å². The first-order valence-electron chi connectivity index (χ1n) is 7.06. The van der Waals surface area contributed by atoms with E-state index in [0.29, 0.717) is 0 Å². The molecule has 0 fully saturated rings. The zero-order valence-corrected chi connectivity index (χ0v) is 13.0. The molecule has 0 atom stereocenters. The fourth-order valence-electron chi connectivity index (χ4n) is 2.77. The van der Waals surface area contributed by atoms with E-state index < -0.39 is 0 Å². The molecule has 1 aliphatic carbocycles. The highest BCUT2D eigenvalue weighted by atomic mass is 79.9. The van der Waals surface area contributed by atoms with Gasteiger partial charge in [0.05, 0.1) is 11.4 Å². The maximum atomic E-state index is 6.06. The quantitative estimate of drug-likeness (QED) is 0.638. The average molecular weight is 340 g/mol. The molecule has 2 aromatic carbocycles. The minimum Gasteiger partial charge on any atom is -0.453 e. The lowest BCUT2D eigenvalue weighted by Crippen LogP contribution is -2.20. The van der Waals surface area contributed by atoms with Crippen molar-refractivity contribution in [2.24, 2.45) is 0 Å². The Kier molecular flexibility index (Phi) is 3.08. The minimum absolute atomic E-state index is 0.878. The molecule has 0 amide bonds. The van der Waals surface area contributed by atoms with Gasteiger partial charge in [0.2, 0.25) is 0 Å². The molecule has 3 heteroatoms. The van der Waals surface area contributed by atoms with Crippen LogP contribution in [0, 0.1) is 0 Å². The number of fused-ring (bicyclic) bond motifs is 2. The lowest BCUT2D eigenvalue weighted by atomic mass is 10.1. The van der Waals surface area contributed by atoms with Gasteiger partial charge < -0.3 is 9.64 Å². The molecule has 0 saturated heterocycles. The van der Waals surface area contributed by atoms with Crippen LogP contribution >= 0.6 is 15.9 Å². The van der Waals surface area contributed by atoms with E-state index in [1.165, 1.54) is 5.70 Å². The summed E-state index contributed by atoms with van der Waals surface area (Å²) in [7, 11) is 0. The van der Waals surface area contributed by atoms with Crippen molar-refractivity contribution in [1.29, 1.82) is 0 Å². The Bertz CT molecular complexity index is 764. The summed E-state index contributed by atoms with van der Waals surface area (Å²) in [4.78, 5) is 2.27. The molecule has 4 rings (SSSR count). The van der Waals surface area contributed by atoms with Crippen molar-refractivity contribution in [3.8, 4) is 11.5 Å². The van der Waals surface area contributed by atoms with Gasteiger partial charge in [0, 0.05) is 10.2 Å². The Morgan fingerprint density at radius 1 is 0.952 bits per heavy atom. The van der Waals surface area contributed by atoms with Crippen molar-refractivity contribution in [3.63, 3.8) is 0 Å². The lowest BCUT2D eigenvalue weighted by molar-refractivity contribution is 0.475. The number of allylic oxidation sites excluding steroid dienone is 3. The predicted molar refractivity (Wildman–Crippen MR) is 89.3 cm³/mol. The van der Waals surface area contributed by atoms with Crippen molar-refractivity contribution >= 4 is 27.3 Å². The molecule has 0 aromatic heterocycles. The van der Waals surface area contributed by atoms with Gasteiger partial charge in [-0.05, 0) is 49.2 Å². The number of benzene rings is 2. The van der Waals surface area contributed by atoms with Gasteiger partial charge in [0.1, 0.15) is 0 Å². The molecule has 0 spiro atoms. The molecular weight excluding hydrogens is 326 g/mol. The molecule has 1 heterocycles. The molecule has 0 bridgehead atoms. The number of nitrogens with zero attached hydrogens (tertiary/aromatic N) is 1. The van der Waals surface area contributed by atoms with Gasteiger partial charge >= 0.3 is 0 Å². The van der Waals surface area contributed by atoms with Gasteiger partial charge in [-0.3, -0.25) is 0 Å². The number of halogens is 1. The van der Waals surface area contributed by atoms with E-state index in [9.17, 15) is 0 Å². The van der Waals surface area contributed by atoms with Crippen LogP contribution in [-0.2, 0) is 0 Å². The van der Waals surface area contributed by atoms with Crippen LogP contribution < -0.4 is 9.64 Å². The Morgan fingerprint density at radius 2 is 1.81 bits per heavy atom. The van der Waals surface area contributed by atoms with Crippen LogP contribution in [0.4, 0.5) is 11.4 Å². The number of hydrogen-bond donors (Lipinski definition) is 0. The van der Waals surface area contributed by atoms with Crippen LogP contribution in [-0.4, -0.2) is 0 Å². The van der Waals surface area contributed by atoms with E-state index in [1.54, 1.807) is 0 Å². The molecule has 0 saturated carbocycles. The number of para-hydroxylation sites is 2. The van der Waals surface area contributed by atoms with E-state index in [-0.39, 0.29) is 0 Å². The van der Waals surface area contributed by atoms with Crippen molar-refractivity contribution in [2.75, 3.05) is 4.90 Å². The number of ether oxygens (including phenoxy) is 1. The summed E-state index contributed by atoms with van der Waals surface area (Å²) in [5, 5.41) is 0. The summed E-state index contributed by atoms with van der Waals surface area (Å²) < 4.78 is 7.08. The highest BCUT2D eigenvalue weighted by Crippen LogP contribution is 2.49. The molecular formula is C18H14BrNO. The van der Waals surface area contributed by atoms with Gasteiger partial charge in [-0.2, -0.15) is 0 Å². The van der Waals surface area contributed by atoms with E-state index in [2.05, 4.69) is 57.3 Å². The van der Waals surface area contributed by atoms with Gasteiger partial charge in [-0.25, -0.2) is 0 Å². The maximum absolute atomic E-state index is 6.06. The number of hydrogen-bond acceptors (Lipinski definition) is 2.